The number of halogens is 5. The van der Waals surface area contributed by atoms with Gasteiger partial charge >= 0.3 is 30.1 Å². The van der Waals surface area contributed by atoms with Gasteiger partial charge in [-0.2, -0.15) is 13.2 Å². The number of hydrogen-bond acceptors (Lipinski definition) is 23. The molecule has 32 heteroatoms. The SMILES string of the molecule is Cl.Cl.O=C(CC[N+](=O)[O-])OCC1OC(O)C(OC(=O)CC[N+](=O)[O-])C(OC(=O)CC[N+](=O)[O-])C1OC(=O)CC[N+](=O)[O-].OCCN1CCN(CCCN2c3ccccc3Sc3ccc(C(F)(F)F)cc32)CC1. The third-order valence-corrected chi connectivity index (χ3v) is 11.6. The van der Waals surface area contributed by atoms with E-state index in [1.54, 1.807) is 6.07 Å². The highest BCUT2D eigenvalue weighted by Gasteiger charge is 2.52. The number of esters is 4. The lowest BCUT2D eigenvalue weighted by molar-refractivity contribution is -0.479. The van der Waals surface area contributed by atoms with Crippen LogP contribution in [0.1, 0.15) is 37.7 Å². The molecule has 3 heterocycles. The Morgan fingerprint density at radius 2 is 1.14 bits per heavy atom. The maximum absolute atomic E-state index is 13.3. The van der Waals surface area contributed by atoms with Gasteiger partial charge in [0.1, 0.15) is 38.4 Å². The van der Waals surface area contributed by atoms with E-state index in [1.165, 1.54) is 23.9 Å². The Balaban J connectivity index is 0.000000495. The van der Waals surface area contributed by atoms with Crippen molar-refractivity contribution in [2.75, 3.05) is 90.1 Å². The van der Waals surface area contributed by atoms with Crippen molar-refractivity contribution >= 4 is 71.8 Å². The number of aliphatic hydroxyl groups is 2. The van der Waals surface area contributed by atoms with E-state index in [0.717, 1.165) is 54.6 Å². The molecule has 2 aromatic rings. The second-order valence-corrected chi connectivity index (χ2v) is 16.6. The molecule has 0 radical (unpaired) electrons. The standard InChI is InChI=1S/C22H26F3N3OS.C18H24N4O18.2ClH/c23-22(24,25)17-6-7-21-19(16-17)28(18-4-1-2-5-20(18)30-21)9-3-8-26-10-12-27(13-11-26)14-15-29;23-11(1-5-19(28)29)36-9-10-15(38-12(24)2-6-20(30)31)16(39-13(25)3-7-21(32)33)17(18(27)37-10)40-14(26)4-8-22(34)35;;/h1-2,4-7,16,29H,3,8-15H2;10,15-18,27H,1-9H2;2*1H. The molecule has 0 bridgehead atoms. The first-order valence-corrected chi connectivity index (χ1v) is 22.3. The number of rotatable bonds is 23. The summed E-state index contributed by atoms with van der Waals surface area (Å²) in [6.07, 6.45) is -16.7. The molecule has 402 valence electrons. The van der Waals surface area contributed by atoms with Gasteiger partial charge in [0.05, 0.1) is 23.5 Å². The van der Waals surface area contributed by atoms with Gasteiger partial charge in [0.25, 0.3) is 0 Å². The minimum Gasteiger partial charge on any atom is -0.463 e. The minimum atomic E-state index is -4.35. The molecule has 2 N–H and O–H groups in total. The van der Waals surface area contributed by atoms with Crippen molar-refractivity contribution < 1.29 is 85.9 Å². The average Bonchev–Trinajstić information content (AvgIpc) is 3.30. The lowest BCUT2D eigenvalue weighted by atomic mass is 9.98. The van der Waals surface area contributed by atoms with Gasteiger partial charge < -0.3 is 43.7 Å². The Bertz CT molecular complexity index is 2180. The second kappa shape index (κ2) is 30.3. The molecule has 0 spiro atoms. The van der Waals surface area contributed by atoms with E-state index >= 15 is 0 Å². The van der Waals surface area contributed by atoms with Gasteiger partial charge in [0.15, 0.2) is 24.6 Å². The summed E-state index contributed by atoms with van der Waals surface area (Å²) >= 11 is 1.53. The number of piperazine rings is 1. The van der Waals surface area contributed by atoms with Crippen LogP contribution in [0.25, 0.3) is 0 Å². The van der Waals surface area contributed by atoms with E-state index in [2.05, 4.69) is 9.80 Å². The Labute approximate surface area is 423 Å². The molecule has 2 saturated heterocycles. The van der Waals surface area contributed by atoms with Gasteiger partial charge in [-0.25, -0.2) is 0 Å². The Kier molecular flexibility index (Phi) is 26.3. The van der Waals surface area contributed by atoms with E-state index in [9.17, 15) is 77.9 Å². The van der Waals surface area contributed by atoms with Crippen LogP contribution in [-0.2, 0) is 49.0 Å². The van der Waals surface area contributed by atoms with Crippen molar-refractivity contribution in [2.24, 2.45) is 0 Å². The van der Waals surface area contributed by atoms with Crippen LogP contribution in [0.5, 0.6) is 0 Å². The zero-order valence-electron chi connectivity index (χ0n) is 38.0. The number of aliphatic hydroxyl groups excluding tert-OH is 2. The van der Waals surface area contributed by atoms with Gasteiger partial charge in [-0.3, -0.25) is 64.5 Å². The van der Waals surface area contributed by atoms with Crippen LogP contribution < -0.4 is 4.90 Å². The normalized spacial score (nSPS) is 19.5. The molecule has 26 nitrogen and oxygen atoms in total. The lowest BCUT2D eigenvalue weighted by Crippen LogP contribution is -2.62. The number of benzene rings is 2. The molecule has 0 aliphatic carbocycles. The van der Waals surface area contributed by atoms with E-state index in [0.29, 0.717) is 18.8 Å². The van der Waals surface area contributed by atoms with Crippen LogP contribution in [0.3, 0.4) is 0 Å². The van der Waals surface area contributed by atoms with Crippen LogP contribution in [0.15, 0.2) is 52.3 Å². The van der Waals surface area contributed by atoms with Crippen molar-refractivity contribution in [2.45, 2.75) is 78.8 Å². The van der Waals surface area contributed by atoms with Crippen LogP contribution in [0, 0.1) is 40.5 Å². The summed E-state index contributed by atoms with van der Waals surface area (Å²) in [6, 6.07) is 11.9. The number of hydrogen-bond donors (Lipinski definition) is 2. The van der Waals surface area contributed by atoms with Crippen molar-refractivity contribution in [1.29, 1.82) is 0 Å². The molecular weight excluding hydrogens is 1040 g/mol. The number of nitro groups is 4. The third-order valence-electron chi connectivity index (χ3n) is 10.5. The van der Waals surface area contributed by atoms with Crippen molar-refractivity contribution in [3.8, 4) is 0 Å². The lowest BCUT2D eigenvalue weighted by Gasteiger charge is -2.42. The zero-order chi connectivity index (χ0) is 51.5. The van der Waals surface area contributed by atoms with Crippen LogP contribution in [0.4, 0.5) is 24.5 Å². The highest BCUT2D eigenvalue weighted by atomic mass is 35.5. The Hall–Kier alpha value is -5.76. The van der Waals surface area contributed by atoms with Gasteiger partial charge in [-0.1, -0.05) is 23.9 Å². The number of para-hydroxylation sites is 1. The quantitative estimate of drug-likeness (QED) is 0.0699. The number of ether oxygens (including phenoxy) is 5. The monoisotopic (exact) mass is 1090 g/mol. The van der Waals surface area contributed by atoms with Crippen LogP contribution in [-0.4, -0.2) is 179 Å². The molecular formula is C40H52Cl2F3N7O19S. The molecule has 2 aromatic carbocycles. The Morgan fingerprint density at radius 3 is 1.65 bits per heavy atom. The van der Waals surface area contributed by atoms with Crippen LogP contribution in [0.2, 0.25) is 0 Å². The molecule has 72 heavy (non-hydrogen) atoms. The van der Waals surface area contributed by atoms with Gasteiger partial charge in [0.2, 0.25) is 26.2 Å². The van der Waals surface area contributed by atoms with E-state index in [4.69, 9.17) is 28.8 Å². The van der Waals surface area contributed by atoms with Crippen LogP contribution >= 0.6 is 36.6 Å². The highest BCUT2D eigenvalue weighted by Crippen LogP contribution is 2.49. The van der Waals surface area contributed by atoms with Gasteiger partial charge in [-0.05, 0) is 43.3 Å². The number of alkyl halides is 3. The fourth-order valence-electron chi connectivity index (χ4n) is 7.12. The number of nitrogens with zero attached hydrogens (tertiary/aromatic N) is 7. The fourth-order valence-corrected chi connectivity index (χ4v) is 8.19. The van der Waals surface area contributed by atoms with E-state index in [-0.39, 0.29) is 31.4 Å². The number of carbonyl (C=O) groups is 4. The highest BCUT2D eigenvalue weighted by molar-refractivity contribution is 7.99. The molecule has 5 rings (SSSR count). The summed E-state index contributed by atoms with van der Waals surface area (Å²) in [5.41, 5.74) is 1.01. The van der Waals surface area contributed by atoms with Gasteiger partial charge in [0, 0.05) is 68.8 Å². The predicted molar refractivity (Wildman–Crippen MR) is 245 cm³/mol. The number of carbonyl (C=O) groups excluding carboxylic acids is 4. The number of anilines is 2. The molecule has 0 amide bonds. The molecule has 3 aliphatic heterocycles. The maximum atomic E-state index is 13.3. The first-order valence-electron chi connectivity index (χ1n) is 21.5. The molecule has 0 aromatic heterocycles. The van der Waals surface area contributed by atoms with E-state index in [1.807, 2.05) is 29.2 Å². The zero-order valence-corrected chi connectivity index (χ0v) is 40.4. The molecule has 2 fully saturated rings. The summed E-state index contributed by atoms with van der Waals surface area (Å²) in [6.45, 7) is 1.83. The smallest absolute Gasteiger partial charge is 0.416 e. The second-order valence-electron chi connectivity index (χ2n) is 15.5. The number of β-amino-alcohol motifs (C(OH)–C–C–N with tert-alkyl or cyclic N) is 1. The summed E-state index contributed by atoms with van der Waals surface area (Å²) in [5.74, 6) is -5.06. The molecule has 0 saturated carbocycles. The summed E-state index contributed by atoms with van der Waals surface area (Å²) in [4.78, 5) is 95.9. The third kappa shape index (κ3) is 20.4. The van der Waals surface area contributed by atoms with Crippen molar-refractivity contribution in [3.63, 3.8) is 0 Å². The fraction of sp³-hybridized carbons (Fsp3) is 0.600. The minimum absolute atomic E-state index is 0. The first kappa shape index (κ1) is 62.4. The summed E-state index contributed by atoms with van der Waals surface area (Å²) in [7, 11) is 0. The summed E-state index contributed by atoms with van der Waals surface area (Å²) < 4.78 is 65.0. The van der Waals surface area contributed by atoms with E-state index < -0.39 is 144 Å². The van der Waals surface area contributed by atoms with Crippen molar-refractivity contribution in [3.05, 3.63) is 88.5 Å². The first-order chi connectivity index (χ1) is 33.1. The molecule has 3 aliphatic rings. The largest absolute Gasteiger partial charge is 0.463 e. The average molecular weight is 1090 g/mol. The topological polar surface area (TPSA) is 337 Å². The Morgan fingerprint density at radius 1 is 0.667 bits per heavy atom. The summed E-state index contributed by atoms with van der Waals surface area (Å²) in [5, 5.41) is 61.7. The number of fused-ring (bicyclic) bond motifs is 2. The molecule has 5 atom stereocenters. The van der Waals surface area contributed by atoms with Gasteiger partial charge in [-0.15, -0.1) is 24.8 Å². The van der Waals surface area contributed by atoms with Crippen molar-refractivity contribution in [1.82, 2.24) is 9.80 Å². The predicted octanol–water partition coefficient (Wildman–Crippen LogP) is 2.80. The maximum Gasteiger partial charge on any atom is 0.416 e. The molecule has 5 unspecified atom stereocenters.